The molecule has 1 amide bonds. The number of nitrogen functional groups attached to an aromatic ring is 1. The van der Waals surface area contributed by atoms with Crippen LogP contribution in [0.15, 0.2) is 36.8 Å². The summed E-state index contributed by atoms with van der Waals surface area (Å²) >= 11 is 0. The normalized spacial score (nSPS) is 16.2. The van der Waals surface area contributed by atoms with Crippen molar-refractivity contribution >= 4 is 35.3 Å². The van der Waals surface area contributed by atoms with Gasteiger partial charge in [-0.15, -0.1) is 0 Å². The summed E-state index contributed by atoms with van der Waals surface area (Å²) in [7, 11) is 0. The van der Waals surface area contributed by atoms with Crippen molar-refractivity contribution in [1.29, 1.82) is 0 Å². The molecule has 0 saturated carbocycles. The number of nitrogens with one attached hydrogen (secondary N) is 1. The molecule has 0 aliphatic carbocycles. The first-order valence-corrected chi connectivity index (χ1v) is 13.0. The van der Waals surface area contributed by atoms with Crippen LogP contribution >= 0.6 is 0 Å². The summed E-state index contributed by atoms with van der Waals surface area (Å²) in [5.41, 5.74) is 7.37. The van der Waals surface area contributed by atoms with Gasteiger partial charge in [-0.2, -0.15) is 4.98 Å². The van der Waals surface area contributed by atoms with E-state index in [1.54, 1.807) is 23.5 Å². The van der Waals surface area contributed by atoms with Crippen molar-refractivity contribution in [2.75, 3.05) is 73.3 Å². The Morgan fingerprint density at radius 2 is 1.67 bits per heavy atom. The number of hydrogen-bond donors (Lipinski definition) is 2. The van der Waals surface area contributed by atoms with Crippen molar-refractivity contribution in [1.82, 2.24) is 29.8 Å². The van der Waals surface area contributed by atoms with Crippen molar-refractivity contribution in [3.63, 3.8) is 0 Å². The molecule has 0 atom stereocenters. The first-order valence-electron chi connectivity index (χ1n) is 13.0. The molecule has 0 spiro atoms. The van der Waals surface area contributed by atoms with Gasteiger partial charge in [0.25, 0.3) is 0 Å². The molecule has 0 bridgehead atoms. The Bertz CT molecular complexity index is 1270. The first-order chi connectivity index (χ1) is 18.7. The Labute approximate surface area is 227 Å². The van der Waals surface area contributed by atoms with E-state index >= 15 is 0 Å². The summed E-state index contributed by atoms with van der Waals surface area (Å²) in [5, 5.41) is 3.35. The van der Waals surface area contributed by atoms with Crippen LogP contribution in [-0.2, 0) is 9.47 Å². The van der Waals surface area contributed by atoms with Gasteiger partial charge in [0.15, 0.2) is 0 Å². The maximum atomic E-state index is 12.4. The van der Waals surface area contributed by atoms with Crippen molar-refractivity contribution in [2.24, 2.45) is 0 Å². The lowest BCUT2D eigenvalue weighted by molar-refractivity contribution is 0.0240. The molecule has 3 N–H and O–H groups in total. The van der Waals surface area contributed by atoms with E-state index in [1.807, 2.05) is 39.0 Å². The van der Waals surface area contributed by atoms with E-state index in [2.05, 4.69) is 30.1 Å². The molecule has 2 aliphatic heterocycles. The Kier molecular flexibility index (Phi) is 7.59. The van der Waals surface area contributed by atoms with Crippen LogP contribution in [0.25, 0.3) is 11.3 Å². The number of nitrogens with two attached hydrogens (primary N) is 1. The third-order valence-electron chi connectivity index (χ3n) is 6.25. The number of piperazine rings is 1. The zero-order valence-electron chi connectivity index (χ0n) is 22.5. The van der Waals surface area contributed by atoms with Crippen LogP contribution in [0.3, 0.4) is 0 Å². The number of morpholine rings is 1. The van der Waals surface area contributed by atoms with Gasteiger partial charge >= 0.3 is 6.09 Å². The second-order valence-electron chi connectivity index (χ2n) is 10.4. The molecular weight excluding hydrogens is 500 g/mol. The zero-order chi connectivity index (χ0) is 27.4. The molecule has 2 fully saturated rings. The van der Waals surface area contributed by atoms with Crippen molar-refractivity contribution in [3.8, 4) is 11.3 Å². The number of amides is 1. The third-order valence-corrected chi connectivity index (χ3v) is 6.25. The largest absolute Gasteiger partial charge is 0.444 e. The summed E-state index contributed by atoms with van der Waals surface area (Å²) in [6.07, 6.45) is 4.80. The van der Waals surface area contributed by atoms with Crippen LogP contribution in [0.5, 0.6) is 0 Å². The van der Waals surface area contributed by atoms with E-state index in [9.17, 15) is 4.79 Å². The topological polar surface area (TPSA) is 148 Å². The lowest BCUT2D eigenvalue weighted by Gasteiger charge is -2.36. The van der Waals surface area contributed by atoms with E-state index < -0.39 is 5.60 Å². The van der Waals surface area contributed by atoms with Crippen LogP contribution in [0.2, 0.25) is 0 Å². The molecule has 13 nitrogen and oxygen atoms in total. The highest BCUT2D eigenvalue weighted by Crippen LogP contribution is 2.26. The van der Waals surface area contributed by atoms with E-state index in [0.717, 1.165) is 17.1 Å². The van der Waals surface area contributed by atoms with Gasteiger partial charge in [0.2, 0.25) is 11.9 Å². The van der Waals surface area contributed by atoms with Gasteiger partial charge in [-0.25, -0.2) is 24.7 Å². The second-order valence-corrected chi connectivity index (χ2v) is 10.4. The van der Waals surface area contributed by atoms with Crippen LogP contribution in [0.1, 0.15) is 20.8 Å². The fourth-order valence-electron chi connectivity index (χ4n) is 4.26. The minimum atomic E-state index is -0.505. The molecule has 3 aromatic heterocycles. The maximum absolute atomic E-state index is 12.4. The Morgan fingerprint density at radius 3 is 2.31 bits per heavy atom. The quantitative estimate of drug-likeness (QED) is 0.495. The number of anilines is 5. The highest BCUT2D eigenvalue weighted by atomic mass is 16.6. The molecule has 2 aliphatic rings. The van der Waals surface area contributed by atoms with E-state index in [-0.39, 0.29) is 12.0 Å². The van der Waals surface area contributed by atoms with Gasteiger partial charge in [-0.05, 0) is 32.9 Å². The summed E-state index contributed by atoms with van der Waals surface area (Å²) < 4.78 is 11.0. The Balaban J connectivity index is 1.28. The smallest absolute Gasteiger partial charge is 0.410 e. The molecule has 3 aromatic rings. The summed E-state index contributed by atoms with van der Waals surface area (Å²) in [5.74, 6) is 2.28. The molecule has 39 heavy (non-hydrogen) atoms. The van der Waals surface area contributed by atoms with Crippen molar-refractivity contribution < 1.29 is 14.3 Å². The molecule has 206 valence electrons. The molecular formula is C26H34N10O3. The summed E-state index contributed by atoms with van der Waals surface area (Å²) in [6, 6.07) is 5.78. The van der Waals surface area contributed by atoms with E-state index in [4.69, 9.17) is 25.2 Å². The van der Waals surface area contributed by atoms with Crippen LogP contribution in [0, 0.1) is 0 Å². The number of carbonyl (C=O) groups is 1. The zero-order valence-corrected chi connectivity index (χ0v) is 22.5. The molecule has 0 aromatic carbocycles. The van der Waals surface area contributed by atoms with Crippen LogP contribution in [0.4, 0.5) is 34.0 Å². The molecule has 5 heterocycles. The van der Waals surface area contributed by atoms with Gasteiger partial charge in [0, 0.05) is 63.3 Å². The number of rotatable bonds is 5. The number of aromatic nitrogens is 5. The van der Waals surface area contributed by atoms with E-state index in [0.29, 0.717) is 69.9 Å². The molecule has 0 unspecified atom stereocenters. The van der Waals surface area contributed by atoms with Gasteiger partial charge in [-0.3, -0.25) is 0 Å². The lowest BCUT2D eigenvalue weighted by atomic mass is 10.2. The van der Waals surface area contributed by atoms with Crippen LogP contribution < -0.4 is 20.9 Å². The molecule has 13 heteroatoms. The number of ether oxygens (including phenoxy) is 2. The average molecular weight is 535 g/mol. The Hall–Kier alpha value is -4.26. The summed E-state index contributed by atoms with van der Waals surface area (Å²) in [6.45, 7) is 10.8. The highest BCUT2D eigenvalue weighted by molar-refractivity contribution is 5.69. The van der Waals surface area contributed by atoms with Crippen molar-refractivity contribution in [2.45, 2.75) is 26.4 Å². The SMILES string of the molecule is CC(C)(C)OC(=O)N1CCN(c2ccc(Nc3cc(-c4cnc(N)nc4)nc(N4CCOCC4)n3)cn2)CC1. The second kappa shape index (κ2) is 11.2. The molecule has 2 saturated heterocycles. The molecule has 0 radical (unpaired) electrons. The third kappa shape index (κ3) is 6.79. The minimum Gasteiger partial charge on any atom is -0.444 e. The predicted molar refractivity (Wildman–Crippen MR) is 148 cm³/mol. The Morgan fingerprint density at radius 1 is 0.949 bits per heavy atom. The summed E-state index contributed by atoms with van der Waals surface area (Å²) in [4.78, 5) is 40.7. The van der Waals surface area contributed by atoms with Gasteiger partial charge in [0.05, 0.1) is 30.8 Å². The molecule has 5 rings (SSSR count). The number of hydrogen-bond acceptors (Lipinski definition) is 12. The fraction of sp³-hybridized carbons (Fsp3) is 0.462. The minimum absolute atomic E-state index is 0.206. The van der Waals surface area contributed by atoms with E-state index in [1.165, 1.54) is 0 Å². The number of carbonyl (C=O) groups excluding carboxylic acids is 1. The highest BCUT2D eigenvalue weighted by Gasteiger charge is 2.26. The van der Waals surface area contributed by atoms with Gasteiger partial charge in [-0.1, -0.05) is 0 Å². The average Bonchev–Trinajstić information content (AvgIpc) is 2.93. The number of nitrogens with zero attached hydrogens (tertiary/aromatic N) is 8. The van der Waals surface area contributed by atoms with Crippen molar-refractivity contribution in [3.05, 3.63) is 36.8 Å². The first kappa shape index (κ1) is 26.4. The fourth-order valence-corrected chi connectivity index (χ4v) is 4.26. The lowest BCUT2D eigenvalue weighted by Crippen LogP contribution is -2.50. The standard InChI is InChI=1S/C26H34N10O3/c1-26(2,3)39-25(37)36-8-6-34(7-9-36)22-5-4-19(17-28-22)31-21-14-20(18-15-29-23(27)30-16-18)32-24(33-21)35-10-12-38-13-11-35/h4-5,14-17H,6-13H2,1-3H3,(H2,27,29,30)(H,31,32,33). The monoisotopic (exact) mass is 534 g/mol. The van der Waals surface area contributed by atoms with Gasteiger partial charge < -0.3 is 35.2 Å². The number of pyridine rings is 1. The maximum Gasteiger partial charge on any atom is 0.410 e. The predicted octanol–water partition coefficient (Wildman–Crippen LogP) is 2.55. The van der Waals surface area contributed by atoms with Crippen LogP contribution in [-0.4, -0.2) is 94.0 Å². The van der Waals surface area contributed by atoms with Gasteiger partial charge in [0.1, 0.15) is 17.2 Å².